The van der Waals surface area contributed by atoms with Gasteiger partial charge in [-0.1, -0.05) is 94.7 Å². The maximum Gasteiger partial charge on any atom is 0.338 e. The second-order valence-electron chi connectivity index (χ2n) is 10.4. The molecule has 5 aromatic rings. The zero-order chi connectivity index (χ0) is 33.1. The van der Waals surface area contributed by atoms with Gasteiger partial charge in [0, 0.05) is 16.1 Å². The van der Waals surface area contributed by atoms with Crippen molar-refractivity contribution in [2.45, 2.75) is 19.6 Å². The van der Waals surface area contributed by atoms with E-state index in [1.54, 1.807) is 62.6 Å². The number of benzene rings is 4. The van der Waals surface area contributed by atoms with Crippen LogP contribution in [0.1, 0.15) is 35.2 Å². The number of nitrogens with zero attached hydrogens (tertiary/aromatic N) is 2. The Morgan fingerprint density at radius 1 is 0.957 bits per heavy atom. The monoisotopic (exact) mass is 704 g/mol. The van der Waals surface area contributed by atoms with Crippen LogP contribution in [0.5, 0.6) is 11.5 Å². The summed E-state index contributed by atoms with van der Waals surface area (Å²) in [5, 5.41) is 1.35. The van der Waals surface area contributed by atoms with Crippen molar-refractivity contribution in [3.05, 3.63) is 154 Å². The van der Waals surface area contributed by atoms with Crippen LogP contribution in [-0.2, 0) is 16.1 Å². The van der Waals surface area contributed by atoms with Crippen molar-refractivity contribution >= 4 is 63.9 Å². The second kappa shape index (κ2) is 14.2. The summed E-state index contributed by atoms with van der Waals surface area (Å²) in [6, 6.07) is 26.3. The van der Waals surface area contributed by atoms with Crippen LogP contribution in [0.25, 0.3) is 11.8 Å². The molecule has 0 saturated heterocycles. The molecule has 0 saturated carbocycles. The van der Waals surface area contributed by atoms with E-state index in [1.165, 1.54) is 15.9 Å². The Balaban J connectivity index is 1.52. The van der Waals surface area contributed by atoms with E-state index in [1.807, 2.05) is 48.5 Å². The fraction of sp³-hybridized carbons (Fsp3) is 0.139. The highest BCUT2D eigenvalue weighted by molar-refractivity contribution is 7.07. The zero-order valence-electron chi connectivity index (χ0n) is 25.2. The fourth-order valence-corrected chi connectivity index (χ4v) is 6.73. The van der Waals surface area contributed by atoms with Crippen molar-refractivity contribution in [2.24, 2.45) is 4.99 Å². The number of hydrogen-bond acceptors (Lipinski definition) is 7. The highest BCUT2D eigenvalue weighted by atomic mass is 35.5. The van der Waals surface area contributed by atoms with E-state index in [0.29, 0.717) is 52.7 Å². The molecule has 6 rings (SSSR count). The molecular weight excluding hydrogens is 679 g/mol. The van der Waals surface area contributed by atoms with Crippen LogP contribution in [0.4, 0.5) is 0 Å². The molecule has 0 spiro atoms. The highest BCUT2D eigenvalue weighted by Crippen LogP contribution is 2.36. The smallest absolute Gasteiger partial charge is 0.338 e. The summed E-state index contributed by atoms with van der Waals surface area (Å²) in [6.07, 6.45) is 1.72. The van der Waals surface area contributed by atoms with Gasteiger partial charge in [-0.3, -0.25) is 9.36 Å². The third-order valence-corrected chi connectivity index (χ3v) is 9.40. The Morgan fingerprint density at radius 3 is 2.43 bits per heavy atom. The van der Waals surface area contributed by atoms with Crippen LogP contribution in [0.15, 0.2) is 106 Å². The average Bonchev–Trinajstić information content (AvgIpc) is 3.39. The van der Waals surface area contributed by atoms with Crippen LogP contribution in [0.2, 0.25) is 15.1 Å². The minimum absolute atomic E-state index is 0.157. The number of ether oxygens (including phenoxy) is 3. The Hall–Kier alpha value is -4.34. The number of rotatable bonds is 9. The van der Waals surface area contributed by atoms with Crippen molar-refractivity contribution in [3.8, 4) is 11.5 Å². The Morgan fingerprint density at radius 2 is 1.72 bits per heavy atom. The first-order valence-corrected chi connectivity index (χ1v) is 16.5. The second-order valence-corrected chi connectivity index (χ2v) is 12.7. The molecular formula is C36H27Cl3N2O5S. The number of aromatic nitrogens is 1. The first kappa shape index (κ1) is 32.6. The summed E-state index contributed by atoms with van der Waals surface area (Å²) < 4.78 is 19.0. The SMILES string of the molecule is CCOC(=O)C1=C(c2ccccc2)N=c2s/c(=C\c3cc(Cl)ccc3OCc3ccc(Cl)c(Cl)c3)c(=O)n2[C@@H]1c1ccc(OC)cc1. The molecule has 0 amide bonds. The van der Waals surface area contributed by atoms with E-state index in [9.17, 15) is 9.59 Å². The molecule has 0 bridgehead atoms. The number of carbonyl (C=O) groups is 1. The minimum atomic E-state index is -0.821. The zero-order valence-corrected chi connectivity index (χ0v) is 28.3. The van der Waals surface area contributed by atoms with Gasteiger partial charge in [0.05, 0.1) is 45.6 Å². The fourth-order valence-electron chi connectivity index (χ4n) is 5.24. The Bertz CT molecular complexity index is 2180. The predicted molar refractivity (Wildman–Crippen MR) is 186 cm³/mol. The maximum atomic E-state index is 14.3. The molecule has 2 heterocycles. The van der Waals surface area contributed by atoms with Gasteiger partial charge in [-0.2, -0.15) is 0 Å². The molecule has 238 valence electrons. The largest absolute Gasteiger partial charge is 0.497 e. The quantitative estimate of drug-likeness (QED) is 0.149. The summed E-state index contributed by atoms with van der Waals surface area (Å²) in [5.74, 6) is 0.591. The van der Waals surface area contributed by atoms with E-state index < -0.39 is 12.0 Å². The molecule has 0 radical (unpaired) electrons. The van der Waals surface area contributed by atoms with Gasteiger partial charge in [0.25, 0.3) is 5.56 Å². The van der Waals surface area contributed by atoms with Crippen molar-refractivity contribution in [1.29, 1.82) is 0 Å². The summed E-state index contributed by atoms with van der Waals surface area (Å²) >= 11 is 19.9. The van der Waals surface area contributed by atoms with Crippen molar-refractivity contribution in [2.75, 3.05) is 13.7 Å². The number of hydrogen-bond donors (Lipinski definition) is 0. The van der Waals surface area contributed by atoms with E-state index in [0.717, 1.165) is 11.1 Å². The summed E-state index contributed by atoms with van der Waals surface area (Å²) in [7, 11) is 1.58. The molecule has 1 aromatic heterocycles. The van der Waals surface area contributed by atoms with Gasteiger partial charge in [-0.05, 0) is 66.6 Å². The van der Waals surface area contributed by atoms with E-state index >= 15 is 0 Å². The number of halogens is 3. The number of thiazole rings is 1. The van der Waals surface area contributed by atoms with Crippen LogP contribution in [0, 0.1) is 0 Å². The standard InChI is InChI=1S/C36H27Cl3N2O5S/c1-3-45-35(43)31-32(22-7-5-4-6-8-22)40-36-41(33(31)23-10-13-26(44-2)14-11-23)34(42)30(47-36)19-24-18-25(37)12-16-29(24)46-20-21-9-15-27(38)28(39)17-21/h4-19,33H,3,20H2,1-2H3/b30-19-/t33-/m1/s1. The van der Waals surface area contributed by atoms with Crippen LogP contribution < -0.4 is 24.4 Å². The third-order valence-electron chi connectivity index (χ3n) is 7.44. The molecule has 0 fully saturated rings. The van der Waals surface area contributed by atoms with E-state index in [2.05, 4.69) is 0 Å². The Labute approximate surface area is 289 Å². The molecule has 1 aliphatic heterocycles. The van der Waals surface area contributed by atoms with E-state index in [-0.39, 0.29) is 24.3 Å². The van der Waals surface area contributed by atoms with Gasteiger partial charge in [-0.25, -0.2) is 9.79 Å². The Kier molecular flexibility index (Phi) is 9.84. The lowest BCUT2D eigenvalue weighted by Crippen LogP contribution is -2.40. The van der Waals surface area contributed by atoms with Crippen molar-refractivity contribution < 1.29 is 19.0 Å². The summed E-state index contributed by atoms with van der Waals surface area (Å²) in [6.45, 7) is 2.11. The summed E-state index contributed by atoms with van der Waals surface area (Å²) in [4.78, 5) is 33.3. The van der Waals surface area contributed by atoms with Crippen LogP contribution in [-0.4, -0.2) is 24.3 Å². The number of esters is 1. The number of carbonyl (C=O) groups excluding carboxylic acids is 1. The molecule has 7 nitrogen and oxygen atoms in total. The summed E-state index contributed by atoms with van der Waals surface area (Å²) in [5.41, 5.74) is 3.19. The van der Waals surface area contributed by atoms with Gasteiger partial charge in [0.1, 0.15) is 18.1 Å². The maximum absolute atomic E-state index is 14.3. The molecule has 0 unspecified atom stereocenters. The van der Waals surface area contributed by atoms with Gasteiger partial charge < -0.3 is 14.2 Å². The average molecular weight is 706 g/mol. The van der Waals surface area contributed by atoms with Gasteiger partial charge in [0.15, 0.2) is 4.80 Å². The molecule has 47 heavy (non-hydrogen) atoms. The predicted octanol–water partition coefficient (Wildman–Crippen LogP) is 7.48. The van der Waals surface area contributed by atoms with Crippen LogP contribution >= 0.6 is 46.1 Å². The lowest BCUT2D eigenvalue weighted by Gasteiger charge is -2.26. The van der Waals surface area contributed by atoms with Crippen molar-refractivity contribution in [1.82, 2.24) is 4.57 Å². The van der Waals surface area contributed by atoms with Gasteiger partial charge >= 0.3 is 5.97 Å². The molecule has 4 aromatic carbocycles. The first-order chi connectivity index (χ1) is 22.8. The highest BCUT2D eigenvalue weighted by Gasteiger charge is 2.35. The molecule has 11 heteroatoms. The number of fused-ring (bicyclic) bond motifs is 1. The molecule has 1 aliphatic rings. The lowest BCUT2D eigenvalue weighted by molar-refractivity contribution is -0.138. The van der Waals surface area contributed by atoms with Crippen molar-refractivity contribution in [3.63, 3.8) is 0 Å². The minimum Gasteiger partial charge on any atom is -0.497 e. The van der Waals surface area contributed by atoms with E-state index in [4.69, 9.17) is 54.0 Å². The molecule has 0 N–H and O–H groups in total. The normalized spacial score (nSPS) is 14.4. The third kappa shape index (κ3) is 6.87. The number of methoxy groups -OCH3 is 1. The van der Waals surface area contributed by atoms with Crippen LogP contribution in [0.3, 0.4) is 0 Å². The first-order valence-electron chi connectivity index (χ1n) is 14.6. The van der Waals surface area contributed by atoms with Gasteiger partial charge in [-0.15, -0.1) is 0 Å². The molecule has 0 aliphatic carbocycles. The molecule has 1 atom stereocenters. The van der Waals surface area contributed by atoms with Gasteiger partial charge in [0.2, 0.25) is 0 Å². The topological polar surface area (TPSA) is 79.1 Å². The lowest BCUT2D eigenvalue weighted by atomic mass is 9.93.